The van der Waals surface area contributed by atoms with E-state index >= 15 is 0 Å². The highest BCUT2D eigenvalue weighted by molar-refractivity contribution is 6.79. The average molecular weight is 647 g/mol. The highest BCUT2D eigenvalue weighted by Gasteiger charge is 2.31. The van der Waals surface area contributed by atoms with Crippen LogP contribution in [-0.2, 0) is 5.41 Å². The molecule has 0 atom stereocenters. The Morgan fingerprint density at radius 1 is 0.660 bits per heavy atom. The van der Waals surface area contributed by atoms with E-state index in [0.29, 0.717) is 0 Å². The second-order valence-electron chi connectivity index (χ2n) is 13.9. The summed E-state index contributed by atoms with van der Waals surface area (Å²) in [6.45, 7) is 6.70. The van der Waals surface area contributed by atoms with Crippen LogP contribution in [-0.4, -0.2) is 27.0 Å². The van der Waals surface area contributed by atoms with Crippen molar-refractivity contribution in [2.24, 2.45) is 4.99 Å². The Morgan fingerprint density at radius 2 is 1.44 bits per heavy atom. The molecular formula is C44H35BN4O. The summed E-state index contributed by atoms with van der Waals surface area (Å²) < 4.78 is 8.91. The van der Waals surface area contributed by atoms with E-state index in [-0.39, 0.29) is 12.3 Å². The fourth-order valence-corrected chi connectivity index (χ4v) is 7.24. The van der Waals surface area contributed by atoms with Gasteiger partial charge in [0.15, 0.2) is 0 Å². The third-order valence-corrected chi connectivity index (χ3v) is 9.71. The molecule has 0 spiro atoms. The molecule has 5 aromatic carbocycles. The SMILES string of the molecule is CC(C)(C)c1ccnc(-n2c3ccccc3c3ccc(Oc4cccc(C5=Nc6ccccc6-c6ccccc6B6C=CC=CN65)c4)cc32)c1. The summed E-state index contributed by atoms with van der Waals surface area (Å²) >= 11 is 0. The molecule has 240 valence electrons. The van der Waals surface area contributed by atoms with E-state index in [2.05, 4.69) is 170 Å². The molecule has 0 saturated carbocycles. The van der Waals surface area contributed by atoms with Gasteiger partial charge < -0.3 is 9.55 Å². The van der Waals surface area contributed by atoms with Crippen molar-refractivity contribution in [3.05, 3.63) is 169 Å². The monoisotopic (exact) mass is 646 g/mol. The van der Waals surface area contributed by atoms with Gasteiger partial charge in [0.2, 0.25) is 0 Å². The zero-order valence-electron chi connectivity index (χ0n) is 28.3. The van der Waals surface area contributed by atoms with Crippen molar-refractivity contribution in [3.8, 4) is 28.4 Å². The molecule has 0 amide bonds. The molecule has 5 nitrogen and oxygen atoms in total. The van der Waals surface area contributed by atoms with Gasteiger partial charge >= 0.3 is 6.85 Å². The lowest BCUT2D eigenvalue weighted by atomic mass is 9.51. The summed E-state index contributed by atoms with van der Waals surface area (Å²) in [6.07, 6.45) is 8.22. The molecule has 0 N–H and O–H groups in total. The highest BCUT2D eigenvalue weighted by Crippen LogP contribution is 2.37. The predicted molar refractivity (Wildman–Crippen MR) is 207 cm³/mol. The average Bonchev–Trinajstić information content (AvgIpc) is 3.47. The summed E-state index contributed by atoms with van der Waals surface area (Å²) in [5.41, 5.74) is 8.88. The van der Waals surface area contributed by atoms with Gasteiger partial charge in [-0.1, -0.05) is 106 Å². The molecule has 0 aliphatic carbocycles. The first-order valence-electron chi connectivity index (χ1n) is 17.1. The molecule has 0 fully saturated rings. The second kappa shape index (κ2) is 11.8. The number of fused-ring (bicyclic) bond motifs is 8. The Bertz CT molecular complexity index is 2540. The third kappa shape index (κ3) is 5.12. The minimum absolute atomic E-state index is 0.00225. The fraction of sp³-hybridized carbons (Fsp3) is 0.0909. The minimum Gasteiger partial charge on any atom is -0.457 e. The van der Waals surface area contributed by atoms with E-state index in [0.717, 1.165) is 56.4 Å². The number of amidine groups is 1. The van der Waals surface area contributed by atoms with E-state index < -0.39 is 0 Å². The topological polar surface area (TPSA) is 42.6 Å². The number of ether oxygens (including phenoxy) is 1. The van der Waals surface area contributed by atoms with Crippen LogP contribution in [0, 0.1) is 0 Å². The number of rotatable bonds is 4. The van der Waals surface area contributed by atoms with Crippen LogP contribution in [0.5, 0.6) is 11.5 Å². The van der Waals surface area contributed by atoms with Crippen molar-refractivity contribution in [1.82, 2.24) is 14.4 Å². The molecule has 0 bridgehead atoms. The van der Waals surface area contributed by atoms with Crippen molar-refractivity contribution in [3.63, 3.8) is 0 Å². The van der Waals surface area contributed by atoms with Crippen LogP contribution in [0.15, 0.2) is 163 Å². The first kappa shape index (κ1) is 30.0. The van der Waals surface area contributed by atoms with Crippen molar-refractivity contribution >= 4 is 45.6 Å². The number of pyridine rings is 1. The van der Waals surface area contributed by atoms with Crippen LogP contribution in [0.1, 0.15) is 31.9 Å². The largest absolute Gasteiger partial charge is 0.457 e. The van der Waals surface area contributed by atoms with Gasteiger partial charge in [0.05, 0.1) is 16.7 Å². The van der Waals surface area contributed by atoms with Crippen molar-refractivity contribution in [1.29, 1.82) is 0 Å². The van der Waals surface area contributed by atoms with Crippen molar-refractivity contribution in [2.75, 3.05) is 0 Å². The molecule has 0 radical (unpaired) electrons. The van der Waals surface area contributed by atoms with Crippen molar-refractivity contribution < 1.29 is 4.74 Å². The van der Waals surface area contributed by atoms with E-state index in [1.165, 1.54) is 22.0 Å². The lowest BCUT2D eigenvalue weighted by molar-refractivity contribution is 0.483. The Morgan fingerprint density at radius 3 is 2.34 bits per heavy atom. The number of para-hydroxylation sites is 2. The molecular weight excluding hydrogens is 611 g/mol. The molecule has 4 heterocycles. The summed E-state index contributed by atoms with van der Waals surface area (Å²) in [6, 6.07) is 44.4. The normalized spacial score (nSPS) is 13.8. The Labute approximate surface area is 292 Å². The maximum absolute atomic E-state index is 6.66. The Kier molecular flexibility index (Phi) is 7.06. The van der Waals surface area contributed by atoms with Crippen LogP contribution in [0.4, 0.5) is 5.69 Å². The fourth-order valence-electron chi connectivity index (χ4n) is 7.24. The van der Waals surface area contributed by atoms with E-state index in [1.54, 1.807) is 0 Å². The van der Waals surface area contributed by atoms with Crippen LogP contribution in [0.2, 0.25) is 0 Å². The zero-order valence-corrected chi connectivity index (χ0v) is 28.3. The maximum atomic E-state index is 6.66. The summed E-state index contributed by atoms with van der Waals surface area (Å²) in [4.78, 5) is 12.4. The van der Waals surface area contributed by atoms with Gasteiger partial charge in [-0.05, 0) is 82.8 Å². The summed E-state index contributed by atoms with van der Waals surface area (Å²) in [5, 5.41) is 2.34. The Hall–Kier alpha value is -6.14. The Balaban J connectivity index is 1.14. The lowest BCUT2D eigenvalue weighted by Crippen LogP contribution is -2.49. The van der Waals surface area contributed by atoms with Crippen LogP contribution in [0.25, 0.3) is 38.8 Å². The summed E-state index contributed by atoms with van der Waals surface area (Å²) in [7, 11) is 0. The number of hydrogen-bond acceptors (Lipinski definition) is 4. The molecule has 2 aliphatic rings. The molecule has 0 saturated heterocycles. The second-order valence-corrected chi connectivity index (χ2v) is 13.9. The van der Waals surface area contributed by atoms with Gasteiger partial charge in [-0.2, -0.15) is 0 Å². The van der Waals surface area contributed by atoms with Gasteiger partial charge in [0, 0.05) is 34.2 Å². The first-order valence-corrected chi connectivity index (χ1v) is 17.1. The number of nitrogens with zero attached hydrogens (tertiary/aromatic N) is 4. The maximum Gasteiger partial charge on any atom is 0.322 e. The third-order valence-electron chi connectivity index (χ3n) is 9.71. The lowest BCUT2D eigenvalue weighted by Gasteiger charge is -2.33. The van der Waals surface area contributed by atoms with E-state index in [1.807, 2.05) is 18.3 Å². The number of aromatic nitrogens is 2. The first-order chi connectivity index (χ1) is 24.4. The molecule has 6 heteroatoms. The van der Waals surface area contributed by atoms with Gasteiger partial charge in [0.25, 0.3) is 0 Å². The van der Waals surface area contributed by atoms with Crippen molar-refractivity contribution in [2.45, 2.75) is 26.2 Å². The van der Waals surface area contributed by atoms with Crippen LogP contribution >= 0.6 is 0 Å². The van der Waals surface area contributed by atoms with Gasteiger partial charge in [-0.3, -0.25) is 4.57 Å². The standard InChI is InChI=1S/C44H35BN4O/c1-44(2,3)31-23-25-46-42(28-31)49-40-20-9-6-17-36(40)37-22-21-33(29-41(37)49)50-32-14-12-13-30(27-32)43-47-39-19-8-5-16-35(39)34-15-4-7-18-38(34)45-24-10-11-26-48(43)45/h4-29H,1-3H3. The highest BCUT2D eigenvalue weighted by atomic mass is 16.5. The molecule has 50 heavy (non-hydrogen) atoms. The quantitative estimate of drug-likeness (QED) is 0.179. The number of hydrogen-bond donors (Lipinski definition) is 0. The minimum atomic E-state index is 0.00225. The number of aliphatic imine (C=N–C) groups is 1. The molecule has 2 aliphatic heterocycles. The number of allylic oxidation sites excluding steroid dienone is 2. The molecule has 7 aromatic rings. The van der Waals surface area contributed by atoms with E-state index in [4.69, 9.17) is 14.7 Å². The molecule has 9 rings (SSSR count). The smallest absolute Gasteiger partial charge is 0.322 e. The van der Waals surface area contributed by atoms with Crippen LogP contribution < -0.4 is 10.2 Å². The predicted octanol–water partition coefficient (Wildman–Crippen LogP) is 10.2. The van der Waals surface area contributed by atoms with Crippen LogP contribution in [0.3, 0.4) is 0 Å². The van der Waals surface area contributed by atoms with Gasteiger partial charge in [0.1, 0.15) is 23.2 Å². The molecule has 0 unspecified atom stereocenters. The summed E-state index contributed by atoms with van der Waals surface area (Å²) in [5.74, 6) is 5.49. The van der Waals surface area contributed by atoms with Gasteiger partial charge in [-0.25, -0.2) is 9.98 Å². The van der Waals surface area contributed by atoms with E-state index in [9.17, 15) is 0 Å². The van der Waals surface area contributed by atoms with Gasteiger partial charge in [-0.15, -0.1) is 0 Å². The number of benzene rings is 5. The molecule has 2 aromatic heterocycles. The zero-order chi connectivity index (χ0) is 33.8.